The molecule has 0 spiro atoms. The first-order chi connectivity index (χ1) is 10.6. The molecule has 2 rings (SSSR count). The van der Waals surface area contributed by atoms with Crippen LogP contribution >= 0.6 is 11.6 Å². The Morgan fingerprint density at radius 3 is 2.64 bits per heavy atom. The maximum Gasteiger partial charge on any atom is 0.412 e. The molecular weight excluding hydrogens is 306 g/mol. The maximum absolute atomic E-state index is 11.3. The fourth-order valence-electron chi connectivity index (χ4n) is 1.72. The normalized spacial score (nSPS) is 9.95. The third kappa shape index (κ3) is 4.26. The van der Waals surface area contributed by atoms with Crippen LogP contribution in [0, 0.1) is 0 Å². The highest BCUT2D eigenvalue weighted by Crippen LogP contribution is 2.28. The monoisotopic (exact) mass is 321 g/mol. The van der Waals surface area contributed by atoms with E-state index in [0.29, 0.717) is 23.2 Å². The number of aromatic nitrogens is 1. The lowest BCUT2D eigenvalue weighted by molar-refractivity contribution is 0.168. The number of methoxy groups -OCH3 is 1. The molecule has 0 saturated carbocycles. The lowest BCUT2D eigenvalue weighted by atomic mass is 10.3. The maximum atomic E-state index is 11.3. The second-order valence-corrected chi connectivity index (χ2v) is 4.66. The van der Waals surface area contributed by atoms with Gasteiger partial charge in [0.2, 0.25) is 0 Å². The standard InChI is InChI=1S/C15H16ClN3O3/c1-3-22-15(20)19-14-7-5-11(9-17-14)18-10-4-6-13(21-2)12(16)8-10/h4-9,18H,3H2,1-2H3,(H,17,19,20). The van der Waals surface area contributed by atoms with Crippen molar-refractivity contribution < 1.29 is 14.3 Å². The molecule has 2 aromatic rings. The minimum atomic E-state index is -0.530. The zero-order valence-corrected chi connectivity index (χ0v) is 13.0. The van der Waals surface area contributed by atoms with Gasteiger partial charge in [-0.05, 0) is 37.3 Å². The van der Waals surface area contributed by atoms with Crippen molar-refractivity contribution >= 4 is 34.9 Å². The topological polar surface area (TPSA) is 72.5 Å². The summed E-state index contributed by atoms with van der Waals surface area (Å²) in [4.78, 5) is 15.4. The largest absolute Gasteiger partial charge is 0.495 e. The van der Waals surface area contributed by atoms with E-state index in [1.54, 1.807) is 44.5 Å². The van der Waals surface area contributed by atoms with Crippen LogP contribution in [0.4, 0.5) is 22.0 Å². The third-order valence-electron chi connectivity index (χ3n) is 2.71. The van der Waals surface area contributed by atoms with Gasteiger partial charge in [-0.2, -0.15) is 0 Å². The summed E-state index contributed by atoms with van der Waals surface area (Å²) >= 11 is 6.07. The Morgan fingerprint density at radius 2 is 2.05 bits per heavy atom. The number of nitrogens with one attached hydrogen (secondary N) is 2. The minimum Gasteiger partial charge on any atom is -0.495 e. The van der Waals surface area contributed by atoms with Crippen LogP contribution in [0.15, 0.2) is 36.5 Å². The molecule has 1 aromatic heterocycles. The molecule has 0 aliphatic heterocycles. The Hall–Kier alpha value is -2.47. The highest BCUT2D eigenvalue weighted by Gasteiger charge is 2.04. The van der Waals surface area contributed by atoms with Gasteiger partial charge in [0.1, 0.15) is 11.6 Å². The number of halogens is 1. The molecule has 7 heteroatoms. The average molecular weight is 322 g/mol. The van der Waals surface area contributed by atoms with Gasteiger partial charge in [-0.25, -0.2) is 9.78 Å². The van der Waals surface area contributed by atoms with E-state index in [1.807, 2.05) is 6.07 Å². The van der Waals surface area contributed by atoms with Crippen molar-refractivity contribution in [1.29, 1.82) is 0 Å². The number of hydrogen-bond acceptors (Lipinski definition) is 5. The first kappa shape index (κ1) is 15.9. The lowest BCUT2D eigenvalue weighted by Gasteiger charge is -2.09. The summed E-state index contributed by atoms with van der Waals surface area (Å²) in [7, 11) is 1.56. The number of ether oxygens (including phenoxy) is 2. The van der Waals surface area contributed by atoms with Gasteiger partial charge in [0.05, 0.1) is 30.6 Å². The second kappa shape index (κ2) is 7.51. The number of nitrogens with zero attached hydrogens (tertiary/aromatic N) is 1. The van der Waals surface area contributed by atoms with Crippen LogP contribution in [0.1, 0.15) is 6.92 Å². The van der Waals surface area contributed by atoms with E-state index in [0.717, 1.165) is 11.4 Å². The number of rotatable bonds is 5. The van der Waals surface area contributed by atoms with Crippen molar-refractivity contribution in [2.24, 2.45) is 0 Å². The highest BCUT2D eigenvalue weighted by molar-refractivity contribution is 6.32. The summed E-state index contributed by atoms with van der Waals surface area (Å²) in [6.07, 6.45) is 1.07. The van der Waals surface area contributed by atoms with E-state index in [4.69, 9.17) is 21.1 Å². The fraction of sp³-hybridized carbons (Fsp3) is 0.200. The third-order valence-corrected chi connectivity index (χ3v) is 3.00. The molecule has 0 aliphatic carbocycles. The van der Waals surface area contributed by atoms with Gasteiger partial charge >= 0.3 is 6.09 Å². The van der Waals surface area contributed by atoms with Crippen molar-refractivity contribution in [2.75, 3.05) is 24.4 Å². The molecule has 0 saturated heterocycles. The first-order valence-electron chi connectivity index (χ1n) is 6.62. The Labute approximate surface area is 133 Å². The molecule has 2 N–H and O–H groups in total. The number of benzene rings is 1. The summed E-state index contributed by atoms with van der Waals surface area (Å²) in [5, 5.41) is 6.19. The Balaban J connectivity index is 2.02. The van der Waals surface area contributed by atoms with E-state index >= 15 is 0 Å². The van der Waals surface area contributed by atoms with Crippen LogP contribution in [0.25, 0.3) is 0 Å². The summed E-state index contributed by atoms with van der Waals surface area (Å²) in [5.74, 6) is 1.02. The van der Waals surface area contributed by atoms with Crippen LogP contribution < -0.4 is 15.4 Å². The average Bonchev–Trinajstić information content (AvgIpc) is 2.50. The van der Waals surface area contributed by atoms with Crippen LogP contribution in [-0.4, -0.2) is 24.8 Å². The van der Waals surface area contributed by atoms with Gasteiger partial charge in [-0.3, -0.25) is 5.32 Å². The molecule has 1 aromatic carbocycles. The number of carbonyl (C=O) groups is 1. The molecule has 0 radical (unpaired) electrons. The van der Waals surface area contributed by atoms with Gasteiger partial charge in [-0.1, -0.05) is 11.6 Å². The predicted molar refractivity (Wildman–Crippen MR) is 86.2 cm³/mol. The van der Waals surface area contributed by atoms with Crippen LogP contribution in [0.3, 0.4) is 0 Å². The van der Waals surface area contributed by atoms with Gasteiger partial charge in [0.25, 0.3) is 0 Å². The first-order valence-corrected chi connectivity index (χ1v) is 7.00. The number of amides is 1. The number of anilines is 3. The fourth-order valence-corrected chi connectivity index (χ4v) is 1.98. The number of hydrogen-bond donors (Lipinski definition) is 2. The molecule has 1 heterocycles. The Morgan fingerprint density at radius 1 is 1.27 bits per heavy atom. The zero-order valence-electron chi connectivity index (χ0n) is 12.2. The molecule has 116 valence electrons. The van der Waals surface area contributed by atoms with Crippen LogP contribution in [0.2, 0.25) is 5.02 Å². The van der Waals surface area contributed by atoms with Crippen molar-refractivity contribution in [2.45, 2.75) is 6.92 Å². The van der Waals surface area contributed by atoms with Crippen LogP contribution in [0.5, 0.6) is 5.75 Å². The van der Waals surface area contributed by atoms with Crippen LogP contribution in [-0.2, 0) is 4.74 Å². The quantitative estimate of drug-likeness (QED) is 0.869. The smallest absolute Gasteiger partial charge is 0.412 e. The molecule has 6 nitrogen and oxygen atoms in total. The van der Waals surface area contributed by atoms with Crippen molar-refractivity contribution in [3.63, 3.8) is 0 Å². The van der Waals surface area contributed by atoms with Gasteiger partial charge < -0.3 is 14.8 Å². The van der Waals surface area contributed by atoms with Gasteiger partial charge in [0.15, 0.2) is 0 Å². The highest BCUT2D eigenvalue weighted by atomic mass is 35.5. The summed E-state index contributed by atoms with van der Waals surface area (Å²) in [6.45, 7) is 2.05. The molecular formula is C15H16ClN3O3. The molecule has 22 heavy (non-hydrogen) atoms. The van der Waals surface area contributed by atoms with Crippen molar-refractivity contribution in [3.05, 3.63) is 41.6 Å². The summed E-state index contributed by atoms with van der Waals surface area (Å²) < 4.78 is 9.87. The van der Waals surface area contributed by atoms with E-state index < -0.39 is 6.09 Å². The summed E-state index contributed by atoms with van der Waals surface area (Å²) in [5.41, 5.74) is 1.56. The number of pyridine rings is 1. The molecule has 0 atom stereocenters. The van der Waals surface area contributed by atoms with Crippen molar-refractivity contribution in [3.8, 4) is 5.75 Å². The molecule has 0 unspecified atom stereocenters. The van der Waals surface area contributed by atoms with E-state index in [-0.39, 0.29) is 0 Å². The van der Waals surface area contributed by atoms with E-state index in [2.05, 4.69) is 15.6 Å². The lowest BCUT2D eigenvalue weighted by Crippen LogP contribution is -2.14. The second-order valence-electron chi connectivity index (χ2n) is 4.25. The molecule has 0 fully saturated rings. The van der Waals surface area contributed by atoms with Gasteiger partial charge in [0, 0.05) is 5.69 Å². The van der Waals surface area contributed by atoms with E-state index in [9.17, 15) is 4.79 Å². The van der Waals surface area contributed by atoms with E-state index in [1.165, 1.54) is 0 Å². The zero-order chi connectivity index (χ0) is 15.9. The summed E-state index contributed by atoms with van der Waals surface area (Å²) in [6, 6.07) is 8.83. The molecule has 0 bridgehead atoms. The van der Waals surface area contributed by atoms with Gasteiger partial charge in [-0.15, -0.1) is 0 Å². The Kier molecular flexibility index (Phi) is 5.43. The predicted octanol–water partition coefficient (Wildman–Crippen LogP) is 4.06. The number of carbonyl (C=O) groups excluding carboxylic acids is 1. The molecule has 1 amide bonds. The Bertz CT molecular complexity index is 647. The van der Waals surface area contributed by atoms with Crippen molar-refractivity contribution in [1.82, 2.24) is 4.98 Å². The SMILES string of the molecule is CCOC(=O)Nc1ccc(Nc2ccc(OC)c(Cl)c2)cn1. The molecule has 0 aliphatic rings. The minimum absolute atomic E-state index is 0.309.